The molecule has 3 aromatic rings. The maximum Gasteiger partial charge on any atom is 0.346 e. The first kappa shape index (κ1) is 24.6. The maximum atomic E-state index is 14.5. The Morgan fingerprint density at radius 1 is 0.882 bits per heavy atom. The van der Waals surface area contributed by atoms with Gasteiger partial charge in [0.2, 0.25) is 0 Å². The highest BCUT2D eigenvalue weighted by Gasteiger charge is 2.15. The minimum atomic E-state index is -0.862. The van der Waals surface area contributed by atoms with E-state index >= 15 is 0 Å². The lowest BCUT2D eigenvalue weighted by atomic mass is 10.2. The Balaban J connectivity index is 1.61. The molecule has 0 fully saturated rings. The predicted molar refractivity (Wildman–Crippen MR) is 128 cm³/mol. The number of hydrogen-bond donors (Lipinski definition) is 0. The molecule has 7 nitrogen and oxygen atoms in total. The number of rotatable bonds is 9. The minimum absolute atomic E-state index is 0.180. The molecular weight excluding hydrogens is 437 g/mol. The molecule has 0 aromatic heterocycles. The molecular formula is C26H26FN3O4. The molecule has 0 atom stereocenters. The lowest BCUT2D eigenvalue weighted by Crippen LogP contribution is -2.11. The SMILES string of the molecule is CCCCOC(=O)c1ccc(OC(=O)c2ccc(N=Nc3ccc(N(C)C)cc3)cc2F)cc1. The van der Waals surface area contributed by atoms with Crippen LogP contribution in [0.3, 0.4) is 0 Å². The minimum Gasteiger partial charge on any atom is -0.462 e. The van der Waals surface area contributed by atoms with Gasteiger partial charge in [0.15, 0.2) is 0 Å². The highest BCUT2D eigenvalue weighted by atomic mass is 19.1. The first-order valence-corrected chi connectivity index (χ1v) is 10.9. The average Bonchev–Trinajstić information content (AvgIpc) is 2.83. The van der Waals surface area contributed by atoms with Crippen LogP contribution >= 0.6 is 0 Å². The molecule has 0 saturated carbocycles. The van der Waals surface area contributed by atoms with Gasteiger partial charge < -0.3 is 14.4 Å². The average molecular weight is 464 g/mol. The van der Waals surface area contributed by atoms with Gasteiger partial charge in [0.1, 0.15) is 11.6 Å². The number of anilines is 1. The van der Waals surface area contributed by atoms with Gasteiger partial charge >= 0.3 is 11.9 Å². The Labute approximate surface area is 197 Å². The van der Waals surface area contributed by atoms with Crippen molar-refractivity contribution in [3.63, 3.8) is 0 Å². The van der Waals surface area contributed by atoms with Crippen LogP contribution in [-0.4, -0.2) is 32.6 Å². The molecule has 0 spiro atoms. The lowest BCUT2D eigenvalue weighted by molar-refractivity contribution is 0.0499. The smallest absolute Gasteiger partial charge is 0.346 e. The van der Waals surface area contributed by atoms with E-state index in [4.69, 9.17) is 9.47 Å². The Kier molecular flexibility index (Phi) is 8.45. The van der Waals surface area contributed by atoms with E-state index < -0.39 is 17.8 Å². The molecule has 34 heavy (non-hydrogen) atoms. The molecule has 0 N–H and O–H groups in total. The van der Waals surface area contributed by atoms with E-state index in [1.165, 1.54) is 36.4 Å². The molecule has 0 saturated heterocycles. The first-order valence-electron chi connectivity index (χ1n) is 10.9. The summed E-state index contributed by atoms with van der Waals surface area (Å²) in [6.45, 7) is 2.35. The van der Waals surface area contributed by atoms with Crippen molar-refractivity contribution in [2.24, 2.45) is 10.2 Å². The number of halogens is 1. The van der Waals surface area contributed by atoms with E-state index in [9.17, 15) is 14.0 Å². The van der Waals surface area contributed by atoms with E-state index in [1.807, 2.05) is 38.1 Å². The molecule has 0 aliphatic heterocycles. The normalized spacial score (nSPS) is 10.8. The largest absolute Gasteiger partial charge is 0.462 e. The maximum absolute atomic E-state index is 14.5. The van der Waals surface area contributed by atoms with Gasteiger partial charge in [-0.25, -0.2) is 14.0 Å². The fraction of sp³-hybridized carbons (Fsp3) is 0.231. The Morgan fingerprint density at radius 3 is 2.15 bits per heavy atom. The number of nitrogens with zero attached hydrogens (tertiary/aromatic N) is 3. The summed E-state index contributed by atoms with van der Waals surface area (Å²) < 4.78 is 24.9. The van der Waals surface area contributed by atoms with Gasteiger partial charge in [-0.1, -0.05) is 13.3 Å². The summed E-state index contributed by atoms with van der Waals surface area (Å²) in [5.41, 5.74) is 2.00. The first-order chi connectivity index (χ1) is 16.4. The summed E-state index contributed by atoms with van der Waals surface area (Å²) in [5, 5.41) is 8.12. The number of carbonyl (C=O) groups is 2. The number of carbonyl (C=O) groups excluding carboxylic acids is 2. The van der Waals surface area contributed by atoms with Crippen molar-refractivity contribution in [3.8, 4) is 5.75 Å². The molecule has 0 amide bonds. The number of esters is 2. The van der Waals surface area contributed by atoms with Crippen LogP contribution in [0.15, 0.2) is 77.0 Å². The zero-order valence-corrected chi connectivity index (χ0v) is 19.3. The standard InChI is InChI=1S/C26H26FN3O4/c1-4-5-16-33-25(31)18-6-13-22(14-7-18)34-26(32)23-15-10-20(17-24(23)27)29-28-19-8-11-21(12-9-19)30(2)3/h6-15,17H,4-5,16H2,1-3H3. The molecule has 0 radical (unpaired) electrons. The second kappa shape index (κ2) is 11.7. The second-order valence-corrected chi connectivity index (χ2v) is 7.68. The van der Waals surface area contributed by atoms with Crippen LogP contribution in [0.2, 0.25) is 0 Å². The Morgan fingerprint density at radius 2 is 1.53 bits per heavy atom. The van der Waals surface area contributed by atoms with Gasteiger partial charge in [-0.2, -0.15) is 10.2 Å². The summed E-state index contributed by atoms with van der Waals surface area (Å²) >= 11 is 0. The van der Waals surface area contributed by atoms with Crippen LogP contribution in [0.25, 0.3) is 0 Å². The van der Waals surface area contributed by atoms with Crippen LogP contribution < -0.4 is 9.64 Å². The zero-order valence-electron chi connectivity index (χ0n) is 19.3. The lowest BCUT2D eigenvalue weighted by Gasteiger charge is -2.11. The quantitative estimate of drug-likeness (QED) is 0.157. The second-order valence-electron chi connectivity index (χ2n) is 7.68. The van der Waals surface area contributed by atoms with Crippen molar-refractivity contribution >= 4 is 29.0 Å². The number of hydrogen-bond acceptors (Lipinski definition) is 7. The summed E-state index contributed by atoms with van der Waals surface area (Å²) in [6.07, 6.45) is 1.71. The van der Waals surface area contributed by atoms with Crippen molar-refractivity contribution in [2.75, 3.05) is 25.6 Å². The molecule has 0 aliphatic carbocycles. The number of azo groups is 1. The highest BCUT2D eigenvalue weighted by Crippen LogP contribution is 2.24. The van der Waals surface area contributed by atoms with Gasteiger partial charge in [-0.15, -0.1) is 0 Å². The van der Waals surface area contributed by atoms with Crippen molar-refractivity contribution in [1.82, 2.24) is 0 Å². The van der Waals surface area contributed by atoms with E-state index in [1.54, 1.807) is 12.1 Å². The molecule has 0 aliphatic rings. The Bertz CT molecular complexity index is 1160. The van der Waals surface area contributed by atoms with Crippen molar-refractivity contribution in [1.29, 1.82) is 0 Å². The van der Waals surface area contributed by atoms with E-state index in [0.29, 0.717) is 17.9 Å². The molecule has 3 rings (SSSR count). The molecule has 0 unspecified atom stereocenters. The van der Waals surface area contributed by atoms with E-state index in [-0.39, 0.29) is 17.0 Å². The molecule has 176 valence electrons. The third kappa shape index (κ3) is 6.71. The molecule has 0 heterocycles. The van der Waals surface area contributed by atoms with Crippen molar-refractivity contribution < 1.29 is 23.5 Å². The summed E-state index contributed by atoms with van der Waals surface area (Å²) in [6, 6.07) is 17.2. The van der Waals surface area contributed by atoms with Crippen LogP contribution in [-0.2, 0) is 4.74 Å². The molecule has 3 aromatic carbocycles. The van der Waals surface area contributed by atoms with Crippen LogP contribution in [0.4, 0.5) is 21.5 Å². The molecule has 8 heteroatoms. The van der Waals surface area contributed by atoms with Gasteiger partial charge in [0.25, 0.3) is 0 Å². The summed E-state index contributed by atoms with van der Waals surface area (Å²) in [4.78, 5) is 26.3. The van der Waals surface area contributed by atoms with Crippen LogP contribution in [0, 0.1) is 5.82 Å². The highest BCUT2D eigenvalue weighted by molar-refractivity contribution is 5.92. The van der Waals surface area contributed by atoms with E-state index in [2.05, 4.69) is 10.2 Å². The fourth-order valence-corrected chi connectivity index (χ4v) is 2.88. The topological polar surface area (TPSA) is 80.6 Å². The predicted octanol–water partition coefficient (Wildman–Crippen LogP) is 6.48. The van der Waals surface area contributed by atoms with Gasteiger partial charge in [0.05, 0.1) is 29.1 Å². The third-order valence-corrected chi connectivity index (χ3v) is 4.85. The number of ether oxygens (including phenoxy) is 2. The monoisotopic (exact) mass is 463 g/mol. The van der Waals surface area contributed by atoms with Gasteiger partial charge in [-0.05, 0) is 67.1 Å². The zero-order chi connectivity index (χ0) is 24.5. The summed E-state index contributed by atoms with van der Waals surface area (Å²) in [5.74, 6) is -1.91. The van der Waals surface area contributed by atoms with Crippen molar-refractivity contribution in [2.45, 2.75) is 19.8 Å². The van der Waals surface area contributed by atoms with Crippen LogP contribution in [0.1, 0.15) is 40.5 Å². The van der Waals surface area contributed by atoms with Crippen LogP contribution in [0.5, 0.6) is 5.75 Å². The van der Waals surface area contributed by atoms with Gasteiger partial charge in [0, 0.05) is 25.8 Å². The van der Waals surface area contributed by atoms with Gasteiger partial charge in [-0.3, -0.25) is 0 Å². The van der Waals surface area contributed by atoms with E-state index in [0.717, 1.165) is 24.6 Å². The number of unbranched alkanes of at least 4 members (excludes halogenated alkanes) is 1. The fourth-order valence-electron chi connectivity index (χ4n) is 2.88. The number of benzene rings is 3. The molecule has 0 bridgehead atoms. The summed E-state index contributed by atoms with van der Waals surface area (Å²) in [7, 11) is 3.87. The third-order valence-electron chi connectivity index (χ3n) is 4.85. The Hall–Kier alpha value is -4.07. The van der Waals surface area contributed by atoms with Crippen molar-refractivity contribution in [3.05, 3.63) is 83.7 Å².